The summed E-state index contributed by atoms with van der Waals surface area (Å²) in [7, 11) is 0. The van der Waals surface area contributed by atoms with E-state index in [1.807, 2.05) is 17.2 Å². The molecule has 0 bridgehead atoms. The molecule has 2 aromatic carbocycles. The van der Waals surface area contributed by atoms with Gasteiger partial charge in [-0.2, -0.15) is 0 Å². The van der Waals surface area contributed by atoms with Gasteiger partial charge in [-0.05, 0) is 55.5 Å². The van der Waals surface area contributed by atoms with Crippen LogP contribution in [0.15, 0.2) is 60.8 Å². The number of halogens is 1. The van der Waals surface area contributed by atoms with Gasteiger partial charge >= 0.3 is 0 Å². The molecule has 1 amide bonds. The summed E-state index contributed by atoms with van der Waals surface area (Å²) >= 11 is 0. The molecule has 1 saturated heterocycles. The lowest BCUT2D eigenvalue weighted by Crippen LogP contribution is -2.43. The molecule has 1 fully saturated rings. The van der Waals surface area contributed by atoms with Crippen molar-refractivity contribution in [1.29, 1.82) is 0 Å². The Bertz CT molecular complexity index is 1000. The minimum Gasteiger partial charge on any atom is -0.484 e. The molecule has 1 unspecified atom stereocenters. The summed E-state index contributed by atoms with van der Waals surface area (Å²) in [5.74, 6) is 1.60. The van der Waals surface area contributed by atoms with Crippen LogP contribution in [0.4, 0.5) is 4.39 Å². The topological polar surface area (TPSA) is 47.4 Å². The molecule has 0 radical (unpaired) electrons. The van der Waals surface area contributed by atoms with Crippen molar-refractivity contribution >= 4 is 5.91 Å². The first-order valence-corrected chi connectivity index (χ1v) is 10.8. The fraction of sp³-hybridized carbons (Fsp3) is 0.360. The number of rotatable bonds is 7. The number of ether oxygens (including phenoxy) is 1. The molecular formula is C25H28FN3O2. The normalized spacial score (nSPS) is 16.3. The third-order valence-electron chi connectivity index (χ3n) is 5.84. The summed E-state index contributed by atoms with van der Waals surface area (Å²) in [5, 5.41) is 0. The maximum absolute atomic E-state index is 13.0. The minimum absolute atomic E-state index is 0.0277. The van der Waals surface area contributed by atoms with Crippen molar-refractivity contribution in [2.24, 2.45) is 5.92 Å². The quantitative estimate of drug-likeness (QED) is 0.573. The molecule has 6 heteroatoms. The van der Waals surface area contributed by atoms with Crippen LogP contribution in [0.1, 0.15) is 29.9 Å². The molecule has 3 aromatic rings. The molecule has 0 saturated carbocycles. The Morgan fingerprint density at radius 3 is 2.71 bits per heavy atom. The first-order valence-electron chi connectivity index (χ1n) is 10.8. The number of carbonyl (C=O) groups is 1. The van der Waals surface area contributed by atoms with Gasteiger partial charge in [-0.3, -0.25) is 4.79 Å². The number of amides is 1. The first kappa shape index (κ1) is 21.1. The van der Waals surface area contributed by atoms with Gasteiger partial charge in [0.15, 0.2) is 6.61 Å². The van der Waals surface area contributed by atoms with E-state index in [-0.39, 0.29) is 18.3 Å². The van der Waals surface area contributed by atoms with E-state index in [0.29, 0.717) is 18.2 Å². The number of hydrogen-bond donors (Lipinski definition) is 0. The van der Waals surface area contributed by atoms with Crippen molar-refractivity contribution in [1.82, 2.24) is 14.5 Å². The number of piperidine rings is 1. The SMILES string of the molecule is Cc1cnc(CC2CCCN(C(=O)COc3ccc(F)cc3)C2)n1Cc1ccccc1. The van der Waals surface area contributed by atoms with Gasteiger partial charge in [-0.1, -0.05) is 30.3 Å². The van der Waals surface area contributed by atoms with E-state index >= 15 is 0 Å². The lowest BCUT2D eigenvalue weighted by Gasteiger charge is -2.32. The minimum atomic E-state index is -0.321. The Balaban J connectivity index is 1.35. The molecule has 1 aliphatic heterocycles. The molecular weight excluding hydrogens is 393 g/mol. The second kappa shape index (κ2) is 9.77. The van der Waals surface area contributed by atoms with Crippen LogP contribution in [-0.2, 0) is 17.8 Å². The number of hydrogen-bond acceptors (Lipinski definition) is 3. The van der Waals surface area contributed by atoms with Gasteiger partial charge in [0.05, 0.1) is 0 Å². The molecule has 1 aliphatic rings. The number of carbonyl (C=O) groups excluding carboxylic acids is 1. The highest BCUT2D eigenvalue weighted by atomic mass is 19.1. The Morgan fingerprint density at radius 1 is 1.16 bits per heavy atom. The Hall–Kier alpha value is -3.15. The summed E-state index contributed by atoms with van der Waals surface area (Å²) in [6, 6.07) is 16.1. The number of imidazole rings is 1. The highest BCUT2D eigenvalue weighted by Crippen LogP contribution is 2.22. The molecule has 1 aromatic heterocycles. The van der Waals surface area contributed by atoms with Crippen molar-refractivity contribution in [2.45, 2.75) is 32.7 Å². The summed E-state index contributed by atoms with van der Waals surface area (Å²) in [6.07, 6.45) is 4.84. The fourth-order valence-electron chi connectivity index (χ4n) is 4.14. The molecule has 0 N–H and O–H groups in total. The summed E-state index contributed by atoms with van der Waals surface area (Å²) in [6.45, 7) is 4.33. The van der Waals surface area contributed by atoms with Crippen LogP contribution >= 0.6 is 0 Å². The average molecular weight is 422 g/mol. The second-order valence-corrected chi connectivity index (χ2v) is 8.18. The summed E-state index contributed by atoms with van der Waals surface area (Å²) in [4.78, 5) is 19.2. The highest BCUT2D eigenvalue weighted by Gasteiger charge is 2.25. The molecule has 4 rings (SSSR count). The van der Waals surface area contributed by atoms with Gasteiger partial charge in [-0.15, -0.1) is 0 Å². The Labute approximate surface area is 182 Å². The van der Waals surface area contributed by atoms with Gasteiger partial charge in [0.25, 0.3) is 5.91 Å². The van der Waals surface area contributed by atoms with E-state index in [1.54, 1.807) is 0 Å². The lowest BCUT2D eigenvalue weighted by molar-refractivity contribution is -0.135. The van der Waals surface area contributed by atoms with Crippen molar-refractivity contribution in [2.75, 3.05) is 19.7 Å². The van der Waals surface area contributed by atoms with Gasteiger partial charge in [0.2, 0.25) is 0 Å². The number of aryl methyl sites for hydroxylation is 1. The van der Waals surface area contributed by atoms with Crippen LogP contribution < -0.4 is 4.74 Å². The zero-order chi connectivity index (χ0) is 21.6. The second-order valence-electron chi connectivity index (χ2n) is 8.18. The molecule has 1 atom stereocenters. The molecule has 31 heavy (non-hydrogen) atoms. The third kappa shape index (κ3) is 5.51. The molecule has 2 heterocycles. The van der Waals surface area contributed by atoms with Crippen LogP contribution in [0.2, 0.25) is 0 Å². The lowest BCUT2D eigenvalue weighted by atomic mass is 9.94. The zero-order valence-electron chi connectivity index (χ0n) is 17.8. The van der Waals surface area contributed by atoms with Gasteiger partial charge in [-0.25, -0.2) is 9.37 Å². The first-order chi connectivity index (χ1) is 15.1. The van der Waals surface area contributed by atoms with Gasteiger partial charge in [0.1, 0.15) is 17.4 Å². The smallest absolute Gasteiger partial charge is 0.260 e. The van der Waals surface area contributed by atoms with Crippen molar-refractivity contribution < 1.29 is 13.9 Å². The number of likely N-dealkylation sites (tertiary alicyclic amines) is 1. The van der Waals surface area contributed by atoms with E-state index in [4.69, 9.17) is 4.74 Å². The molecule has 5 nitrogen and oxygen atoms in total. The van der Waals surface area contributed by atoms with E-state index in [9.17, 15) is 9.18 Å². The van der Waals surface area contributed by atoms with Crippen LogP contribution in [0, 0.1) is 18.7 Å². The highest BCUT2D eigenvalue weighted by molar-refractivity contribution is 5.77. The summed E-state index contributed by atoms with van der Waals surface area (Å²) in [5.41, 5.74) is 2.40. The maximum atomic E-state index is 13.0. The predicted molar refractivity (Wildman–Crippen MR) is 117 cm³/mol. The van der Waals surface area contributed by atoms with Crippen LogP contribution in [-0.4, -0.2) is 40.1 Å². The molecule has 162 valence electrons. The standard InChI is InChI=1S/C25H28FN3O2/c1-19-15-27-24(29(19)17-20-6-3-2-4-7-20)14-21-8-5-13-28(16-21)25(30)18-31-23-11-9-22(26)10-12-23/h2-4,6-7,9-12,15,21H,5,8,13-14,16-18H2,1H3. The Kier molecular flexibility index (Phi) is 6.65. The third-order valence-corrected chi connectivity index (χ3v) is 5.84. The Morgan fingerprint density at radius 2 is 1.94 bits per heavy atom. The fourth-order valence-corrected chi connectivity index (χ4v) is 4.14. The van der Waals surface area contributed by atoms with Crippen LogP contribution in [0.25, 0.3) is 0 Å². The largest absolute Gasteiger partial charge is 0.484 e. The van der Waals surface area contributed by atoms with Crippen molar-refractivity contribution in [3.8, 4) is 5.75 Å². The average Bonchev–Trinajstić information content (AvgIpc) is 3.13. The van der Waals surface area contributed by atoms with Gasteiger partial charge in [0, 0.05) is 37.9 Å². The van der Waals surface area contributed by atoms with Crippen molar-refractivity contribution in [3.63, 3.8) is 0 Å². The predicted octanol–water partition coefficient (Wildman–Crippen LogP) is 4.24. The molecule has 0 spiro atoms. The zero-order valence-corrected chi connectivity index (χ0v) is 17.8. The van der Waals surface area contributed by atoms with E-state index < -0.39 is 0 Å². The maximum Gasteiger partial charge on any atom is 0.260 e. The number of benzene rings is 2. The monoisotopic (exact) mass is 421 g/mol. The van der Waals surface area contributed by atoms with E-state index in [0.717, 1.165) is 43.9 Å². The summed E-state index contributed by atoms with van der Waals surface area (Å²) < 4.78 is 20.8. The van der Waals surface area contributed by atoms with Crippen molar-refractivity contribution in [3.05, 3.63) is 83.7 Å². The van der Waals surface area contributed by atoms with E-state index in [2.05, 4.69) is 40.7 Å². The van der Waals surface area contributed by atoms with Crippen LogP contribution in [0.3, 0.4) is 0 Å². The molecule has 0 aliphatic carbocycles. The van der Waals surface area contributed by atoms with E-state index in [1.165, 1.54) is 29.8 Å². The van der Waals surface area contributed by atoms with Gasteiger partial charge < -0.3 is 14.2 Å². The number of aromatic nitrogens is 2. The number of nitrogens with zero attached hydrogens (tertiary/aromatic N) is 3. The van der Waals surface area contributed by atoms with Crippen LogP contribution in [0.5, 0.6) is 5.75 Å².